The predicted molar refractivity (Wildman–Crippen MR) is 71.4 cm³/mol. The molecule has 1 aromatic heterocycles. The number of hydrogen-bond donors (Lipinski definition) is 3. The third-order valence-corrected chi connectivity index (χ3v) is 4.87. The minimum Gasteiger partial charge on any atom is -0.402 e. The van der Waals surface area contributed by atoms with Gasteiger partial charge in [0.15, 0.2) is 5.75 Å². The smallest absolute Gasteiger partial charge is 0.402 e. The number of hydrogen-bond acceptors (Lipinski definition) is 2. The van der Waals surface area contributed by atoms with Crippen molar-refractivity contribution in [3.8, 4) is 5.75 Å². The highest BCUT2D eigenvalue weighted by molar-refractivity contribution is 14.1. The average Bonchev–Trinajstić information content (AvgIpc) is 2.53. The number of halogens is 2. The number of aromatic nitrogens is 1. The molecule has 0 fully saturated rings. The third kappa shape index (κ3) is 2.43. The van der Waals surface area contributed by atoms with Crippen molar-refractivity contribution in [1.82, 2.24) is 4.98 Å². The molecule has 0 saturated carbocycles. The van der Waals surface area contributed by atoms with Gasteiger partial charge in [0.2, 0.25) is 0 Å². The van der Waals surface area contributed by atoms with Crippen molar-refractivity contribution in [2.75, 3.05) is 0 Å². The number of nitrogens with one attached hydrogen (secondary N) is 1. The van der Waals surface area contributed by atoms with E-state index in [0.29, 0.717) is 5.39 Å². The minimum absolute atomic E-state index is 0.147. The van der Waals surface area contributed by atoms with Gasteiger partial charge in [0.25, 0.3) is 0 Å². The third-order valence-electron chi connectivity index (χ3n) is 1.92. The molecule has 2 rings (SSSR count). The molecule has 0 aliphatic rings. The maximum Gasteiger partial charge on any atom is 0.524 e. The normalized spacial score (nSPS) is 12.0. The molecule has 0 bridgehead atoms. The van der Waals surface area contributed by atoms with E-state index >= 15 is 0 Å². The summed E-state index contributed by atoms with van der Waals surface area (Å²) in [6, 6.07) is 3.65. The second kappa shape index (κ2) is 4.30. The van der Waals surface area contributed by atoms with Crippen LogP contribution >= 0.6 is 46.3 Å². The number of fused-ring (bicyclic) bond motifs is 1. The highest BCUT2D eigenvalue weighted by atomic mass is 127. The zero-order valence-corrected chi connectivity index (χ0v) is 12.3. The van der Waals surface area contributed by atoms with Crippen LogP contribution in [0.1, 0.15) is 0 Å². The molecule has 3 N–H and O–H groups in total. The van der Waals surface area contributed by atoms with Crippen LogP contribution in [0.25, 0.3) is 10.9 Å². The first kappa shape index (κ1) is 12.4. The Kier molecular flexibility index (Phi) is 3.33. The van der Waals surface area contributed by atoms with Gasteiger partial charge in [0.1, 0.15) is 0 Å². The standard InChI is InChI=1S/C8H6BrINO4P/c9-4-1-2-5-7(8(4)10)6(3-11-5)15-16(12,13)14/h1-3,11H,(H2,12,13,14). The monoisotopic (exact) mass is 417 g/mol. The maximum atomic E-state index is 10.8. The van der Waals surface area contributed by atoms with Crippen molar-refractivity contribution in [2.24, 2.45) is 0 Å². The lowest BCUT2D eigenvalue weighted by atomic mass is 10.2. The summed E-state index contributed by atoms with van der Waals surface area (Å²) in [7, 11) is -4.53. The first-order valence-electron chi connectivity index (χ1n) is 4.09. The Balaban J connectivity index is 2.63. The summed E-state index contributed by atoms with van der Waals surface area (Å²) in [4.78, 5) is 20.4. The van der Waals surface area contributed by atoms with Gasteiger partial charge in [-0.3, -0.25) is 9.79 Å². The van der Waals surface area contributed by atoms with Crippen molar-refractivity contribution in [1.29, 1.82) is 0 Å². The fraction of sp³-hybridized carbons (Fsp3) is 0. The van der Waals surface area contributed by atoms with Gasteiger partial charge in [0, 0.05) is 14.2 Å². The summed E-state index contributed by atoms with van der Waals surface area (Å²) in [5.41, 5.74) is 0.760. The molecule has 86 valence electrons. The first-order valence-corrected chi connectivity index (χ1v) is 7.49. The Morgan fingerprint density at radius 3 is 2.75 bits per heavy atom. The van der Waals surface area contributed by atoms with Gasteiger partial charge in [-0.1, -0.05) is 0 Å². The van der Waals surface area contributed by atoms with E-state index in [9.17, 15) is 4.57 Å². The fourth-order valence-electron chi connectivity index (χ4n) is 1.33. The van der Waals surface area contributed by atoms with Crippen molar-refractivity contribution < 1.29 is 18.9 Å². The van der Waals surface area contributed by atoms with Gasteiger partial charge < -0.3 is 9.51 Å². The second-order valence-corrected chi connectivity index (χ2v) is 6.12. The molecule has 0 aliphatic heterocycles. The van der Waals surface area contributed by atoms with Gasteiger partial charge >= 0.3 is 7.82 Å². The lowest BCUT2D eigenvalue weighted by Crippen LogP contribution is -1.89. The zero-order chi connectivity index (χ0) is 11.9. The van der Waals surface area contributed by atoms with Crippen molar-refractivity contribution in [2.45, 2.75) is 0 Å². The number of aromatic amines is 1. The van der Waals surface area contributed by atoms with Crippen LogP contribution in [0.5, 0.6) is 5.75 Å². The maximum absolute atomic E-state index is 10.8. The largest absolute Gasteiger partial charge is 0.524 e. The van der Waals surface area contributed by atoms with Crippen LogP contribution in [-0.2, 0) is 4.57 Å². The highest BCUT2D eigenvalue weighted by Crippen LogP contribution is 2.43. The Morgan fingerprint density at radius 1 is 1.44 bits per heavy atom. The summed E-state index contributed by atoms with van der Waals surface area (Å²) in [6.45, 7) is 0. The molecule has 1 aromatic carbocycles. The number of benzene rings is 1. The molecular weight excluding hydrogens is 412 g/mol. The predicted octanol–water partition coefficient (Wildman–Crippen LogP) is 3.01. The SMILES string of the molecule is O=P(O)(O)Oc1c[nH]c2ccc(Br)c(I)c12. The average molecular weight is 418 g/mol. The van der Waals surface area contributed by atoms with Crippen LogP contribution in [0.15, 0.2) is 22.8 Å². The molecule has 0 amide bonds. The first-order chi connectivity index (χ1) is 7.38. The molecule has 2 aromatic rings. The number of H-pyrrole nitrogens is 1. The van der Waals surface area contributed by atoms with Crippen LogP contribution in [0.4, 0.5) is 0 Å². The van der Waals surface area contributed by atoms with Crippen LogP contribution in [0.2, 0.25) is 0 Å². The molecule has 16 heavy (non-hydrogen) atoms. The van der Waals surface area contributed by atoms with E-state index < -0.39 is 7.82 Å². The molecule has 0 spiro atoms. The Morgan fingerprint density at radius 2 is 2.12 bits per heavy atom. The summed E-state index contributed by atoms with van der Waals surface area (Å²) >= 11 is 5.42. The van der Waals surface area contributed by atoms with Crippen molar-refractivity contribution >= 4 is 57.2 Å². The summed E-state index contributed by atoms with van der Waals surface area (Å²) < 4.78 is 17.1. The van der Waals surface area contributed by atoms with Crippen LogP contribution in [0.3, 0.4) is 0 Å². The molecule has 8 heteroatoms. The van der Waals surface area contributed by atoms with E-state index in [2.05, 4.69) is 48.0 Å². The Hall–Kier alpha value is -0.0800. The van der Waals surface area contributed by atoms with E-state index in [-0.39, 0.29) is 5.75 Å². The zero-order valence-electron chi connectivity index (χ0n) is 7.65. The molecule has 1 heterocycles. The van der Waals surface area contributed by atoms with E-state index in [1.165, 1.54) is 6.20 Å². The highest BCUT2D eigenvalue weighted by Gasteiger charge is 2.20. The summed E-state index contributed by atoms with van der Waals surface area (Å²) in [6.07, 6.45) is 1.43. The Labute approximate surface area is 113 Å². The number of rotatable bonds is 2. The second-order valence-electron chi connectivity index (χ2n) is 3.02. The van der Waals surface area contributed by atoms with Crippen molar-refractivity contribution in [3.63, 3.8) is 0 Å². The topological polar surface area (TPSA) is 82.6 Å². The number of phosphoric acid groups is 1. The van der Waals surface area contributed by atoms with Gasteiger partial charge in [-0.15, -0.1) is 0 Å². The van der Waals surface area contributed by atoms with E-state index in [1.807, 2.05) is 6.07 Å². The lowest BCUT2D eigenvalue weighted by Gasteiger charge is -2.06. The molecule has 0 saturated heterocycles. The van der Waals surface area contributed by atoms with Crippen LogP contribution in [0, 0.1) is 3.57 Å². The van der Waals surface area contributed by atoms with Gasteiger partial charge in [-0.2, -0.15) is 0 Å². The lowest BCUT2D eigenvalue weighted by molar-refractivity contribution is 0.284. The quantitative estimate of drug-likeness (QED) is 0.518. The molecule has 5 nitrogen and oxygen atoms in total. The van der Waals surface area contributed by atoms with Crippen molar-refractivity contribution in [3.05, 3.63) is 26.4 Å². The minimum atomic E-state index is -4.53. The summed E-state index contributed by atoms with van der Waals surface area (Å²) in [5.74, 6) is 0.147. The van der Waals surface area contributed by atoms with Gasteiger partial charge in [0.05, 0.1) is 10.9 Å². The van der Waals surface area contributed by atoms with Crippen LogP contribution in [-0.4, -0.2) is 14.8 Å². The van der Waals surface area contributed by atoms with E-state index in [4.69, 9.17) is 9.79 Å². The summed E-state index contributed by atoms with van der Waals surface area (Å²) in [5, 5.41) is 0.651. The van der Waals surface area contributed by atoms with E-state index in [1.54, 1.807) is 6.07 Å². The van der Waals surface area contributed by atoms with Gasteiger partial charge in [-0.25, -0.2) is 4.57 Å². The van der Waals surface area contributed by atoms with E-state index in [0.717, 1.165) is 13.6 Å². The fourth-order valence-corrected chi connectivity index (χ4v) is 2.79. The molecular formula is C8H6BrINO4P. The molecule has 0 aliphatic carbocycles. The molecule has 0 atom stereocenters. The number of phosphoric ester groups is 1. The molecule has 0 radical (unpaired) electrons. The van der Waals surface area contributed by atoms with Gasteiger partial charge in [-0.05, 0) is 50.7 Å². The van der Waals surface area contributed by atoms with Crippen LogP contribution < -0.4 is 4.52 Å². The molecule has 0 unspecified atom stereocenters. The Bertz CT molecular complexity index is 593.